The Labute approximate surface area is 126 Å². The minimum Gasteiger partial charge on any atom is -0.497 e. The first-order valence-electron chi connectivity index (χ1n) is 6.77. The number of hydrogen-bond acceptors (Lipinski definition) is 2. The van der Waals surface area contributed by atoms with Gasteiger partial charge in [-0.1, -0.05) is 18.2 Å². The molecule has 0 aliphatic rings. The van der Waals surface area contributed by atoms with Crippen molar-refractivity contribution in [2.45, 2.75) is 6.43 Å². The van der Waals surface area contributed by atoms with Gasteiger partial charge in [-0.25, -0.2) is 13.5 Å². The summed E-state index contributed by atoms with van der Waals surface area (Å²) >= 11 is 0. The number of hydrogen-bond donors (Lipinski definition) is 0. The molecule has 1 heterocycles. The van der Waals surface area contributed by atoms with Gasteiger partial charge in [0.2, 0.25) is 0 Å². The van der Waals surface area contributed by atoms with Crippen LogP contribution < -0.4 is 4.74 Å². The van der Waals surface area contributed by atoms with Crippen molar-refractivity contribution in [3.05, 3.63) is 66.4 Å². The Morgan fingerprint density at radius 1 is 1.00 bits per heavy atom. The van der Waals surface area contributed by atoms with Crippen LogP contribution in [0.2, 0.25) is 0 Å². The molecule has 0 amide bonds. The molecule has 3 aromatic rings. The van der Waals surface area contributed by atoms with E-state index in [1.54, 1.807) is 55.6 Å². The quantitative estimate of drug-likeness (QED) is 0.710. The van der Waals surface area contributed by atoms with Crippen LogP contribution in [-0.2, 0) is 0 Å². The van der Waals surface area contributed by atoms with Gasteiger partial charge < -0.3 is 4.74 Å². The Bertz CT molecular complexity index is 752. The van der Waals surface area contributed by atoms with E-state index >= 15 is 0 Å². The first-order valence-corrected chi connectivity index (χ1v) is 6.77. The molecule has 0 bridgehead atoms. The minimum absolute atomic E-state index is 0.128. The predicted octanol–water partition coefficient (Wildman–Crippen LogP) is 4.49. The first kappa shape index (κ1) is 14.3. The average Bonchev–Trinajstić information content (AvgIpc) is 3.01. The molecular weight excluding hydrogens is 286 g/mol. The molecule has 0 spiro atoms. The molecule has 3 nitrogen and oxygen atoms in total. The molecule has 0 unspecified atom stereocenters. The summed E-state index contributed by atoms with van der Waals surface area (Å²) in [4.78, 5) is 0. The van der Waals surface area contributed by atoms with Gasteiger partial charge in [0.1, 0.15) is 11.4 Å². The van der Waals surface area contributed by atoms with Crippen LogP contribution in [0.3, 0.4) is 0 Å². The molecule has 0 aliphatic carbocycles. The molecule has 0 saturated heterocycles. The fourth-order valence-electron chi connectivity index (χ4n) is 2.23. The van der Waals surface area contributed by atoms with Crippen LogP contribution in [0.25, 0.3) is 16.9 Å². The molecule has 112 valence electrons. The summed E-state index contributed by atoms with van der Waals surface area (Å²) < 4.78 is 32.9. The molecule has 0 aliphatic heterocycles. The topological polar surface area (TPSA) is 27.1 Å². The third kappa shape index (κ3) is 2.70. The lowest BCUT2D eigenvalue weighted by Crippen LogP contribution is -2.02. The van der Waals surface area contributed by atoms with Gasteiger partial charge in [0.05, 0.1) is 18.5 Å². The Balaban J connectivity index is 2.06. The molecule has 5 heteroatoms. The molecule has 0 saturated carbocycles. The van der Waals surface area contributed by atoms with Gasteiger partial charge in [0, 0.05) is 5.56 Å². The van der Waals surface area contributed by atoms with E-state index in [0.717, 1.165) is 5.56 Å². The standard InChI is InChI=1S/C17H14F2N2O/c1-22-14-9-7-12(8-10-14)15-11-16(17(18)19)21(20-15)13-5-3-2-4-6-13/h2-11,17H,1H3. The van der Waals surface area contributed by atoms with Gasteiger partial charge in [-0.2, -0.15) is 5.10 Å². The van der Waals surface area contributed by atoms with Crippen LogP contribution in [0.4, 0.5) is 8.78 Å². The van der Waals surface area contributed by atoms with Crippen LogP contribution in [0, 0.1) is 0 Å². The van der Waals surface area contributed by atoms with E-state index in [1.165, 1.54) is 10.7 Å². The predicted molar refractivity (Wildman–Crippen MR) is 80.5 cm³/mol. The second-order valence-electron chi connectivity index (χ2n) is 4.73. The number of para-hydroxylation sites is 1. The Hall–Kier alpha value is -2.69. The van der Waals surface area contributed by atoms with Crippen molar-refractivity contribution in [2.75, 3.05) is 7.11 Å². The Kier molecular flexibility index (Phi) is 3.87. The zero-order chi connectivity index (χ0) is 15.5. The van der Waals surface area contributed by atoms with Crippen molar-refractivity contribution in [3.63, 3.8) is 0 Å². The van der Waals surface area contributed by atoms with Gasteiger partial charge in [0.15, 0.2) is 0 Å². The van der Waals surface area contributed by atoms with E-state index in [4.69, 9.17) is 4.74 Å². The number of nitrogens with zero attached hydrogens (tertiary/aromatic N) is 2. The van der Waals surface area contributed by atoms with Crippen LogP contribution in [0.15, 0.2) is 60.7 Å². The van der Waals surface area contributed by atoms with Gasteiger partial charge >= 0.3 is 0 Å². The lowest BCUT2D eigenvalue weighted by molar-refractivity contribution is 0.143. The smallest absolute Gasteiger partial charge is 0.280 e. The fraction of sp³-hybridized carbons (Fsp3) is 0.118. The van der Waals surface area contributed by atoms with Crippen molar-refractivity contribution in [1.82, 2.24) is 9.78 Å². The highest BCUT2D eigenvalue weighted by molar-refractivity contribution is 5.61. The summed E-state index contributed by atoms with van der Waals surface area (Å²) in [6.45, 7) is 0. The van der Waals surface area contributed by atoms with Crippen molar-refractivity contribution in [1.29, 1.82) is 0 Å². The van der Waals surface area contributed by atoms with E-state index < -0.39 is 6.43 Å². The van der Waals surface area contributed by atoms with Gasteiger partial charge in [0.25, 0.3) is 6.43 Å². The second-order valence-corrected chi connectivity index (χ2v) is 4.73. The van der Waals surface area contributed by atoms with Crippen molar-refractivity contribution >= 4 is 0 Å². The van der Waals surface area contributed by atoms with E-state index in [9.17, 15) is 8.78 Å². The zero-order valence-electron chi connectivity index (χ0n) is 11.9. The lowest BCUT2D eigenvalue weighted by Gasteiger charge is -2.05. The highest BCUT2D eigenvalue weighted by Gasteiger charge is 2.18. The van der Waals surface area contributed by atoms with Gasteiger partial charge in [-0.3, -0.25) is 0 Å². The summed E-state index contributed by atoms with van der Waals surface area (Å²) in [5, 5.41) is 4.32. The Morgan fingerprint density at radius 3 is 2.27 bits per heavy atom. The molecule has 2 aromatic carbocycles. The summed E-state index contributed by atoms with van der Waals surface area (Å²) in [6, 6.07) is 17.5. The number of benzene rings is 2. The normalized spacial score (nSPS) is 10.9. The van der Waals surface area contributed by atoms with E-state index in [1.807, 2.05) is 6.07 Å². The maximum absolute atomic E-state index is 13.3. The third-order valence-corrected chi connectivity index (χ3v) is 3.35. The maximum atomic E-state index is 13.3. The summed E-state index contributed by atoms with van der Waals surface area (Å²) in [7, 11) is 1.58. The van der Waals surface area contributed by atoms with Crippen molar-refractivity contribution in [2.24, 2.45) is 0 Å². The van der Waals surface area contributed by atoms with Gasteiger partial charge in [-0.15, -0.1) is 0 Å². The molecule has 0 radical (unpaired) electrons. The highest BCUT2D eigenvalue weighted by Crippen LogP contribution is 2.28. The second kappa shape index (κ2) is 5.97. The van der Waals surface area contributed by atoms with Crippen molar-refractivity contribution in [3.8, 4) is 22.7 Å². The highest BCUT2D eigenvalue weighted by atomic mass is 19.3. The van der Waals surface area contributed by atoms with Crippen LogP contribution in [0.1, 0.15) is 12.1 Å². The molecule has 1 aromatic heterocycles. The van der Waals surface area contributed by atoms with Gasteiger partial charge in [-0.05, 0) is 42.5 Å². The van der Waals surface area contributed by atoms with Crippen molar-refractivity contribution < 1.29 is 13.5 Å². The monoisotopic (exact) mass is 300 g/mol. The number of alkyl halides is 2. The van der Waals surface area contributed by atoms with Crippen LogP contribution in [0.5, 0.6) is 5.75 Å². The number of methoxy groups -OCH3 is 1. The molecular formula is C17H14F2N2O. The SMILES string of the molecule is COc1ccc(-c2cc(C(F)F)n(-c3ccccc3)n2)cc1. The average molecular weight is 300 g/mol. The number of aromatic nitrogens is 2. The largest absolute Gasteiger partial charge is 0.497 e. The van der Waals surface area contributed by atoms with Crippen LogP contribution in [-0.4, -0.2) is 16.9 Å². The Morgan fingerprint density at radius 2 is 1.68 bits per heavy atom. The summed E-state index contributed by atoms with van der Waals surface area (Å²) in [5.74, 6) is 0.709. The molecule has 22 heavy (non-hydrogen) atoms. The number of ether oxygens (including phenoxy) is 1. The molecule has 0 atom stereocenters. The number of rotatable bonds is 4. The zero-order valence-corrected chi connectivity index (χ0v) is 11.9. The summed E-state index contributed by atoms with van der Waals surface area (Å²) in [6.07, 6.45) is -2.60. The molecule has 3 rings (SSSR count). The number of halogens is 2. The van der Waals surface area contributed by atoms with Crippen LogP contribution >= 0.6 is 0 Å². The minimum atomic E-state index is -2.60. The van der Waals surface area contributed by atoms with E-state index in [0.29, 0.717) is 17.1 Å². The molecule has 0 fully saturated rings. The molecule has 0 N–H and O–H groups in total. The van der Waals surface area contributed by atoms with E-state index in [-0.39, 0.29) is 5.69 Å². The van der Waals surface area contributed by atoms with E-state index in [2.05, 4.69) is 5.10 Å². The third-order valence-electron chi connectivity index (χ3n) is 3.35. The summed E-state index contributed by atoms with van der Waals surface area (Å²) in [5.41, 5.74) is 1.74. The maximum Gasteiger partial charge on any atom is 0.280 e. The fourth-order valence-corrected chi connectivity index (χ4v) is 2.23. The first-order chi connectivity index (χ1) is 10.7. The lowest BCUT2D eigenvalue weighted by atomic mass is 10.1.